The minimum absolute atomic E-state index is 0.192. The number of hydrogen-bond acceptors (Lipinski definition) is 5. The van der Waals surface area contributed by atoms with E-state index in [1.807, 2.05) is 24.6 Å². The normalized spacial score (nSPS) is 17.3. The zero-order valence-corrected chi connectivity index (χ0v) is 16.8. The van der Waals surface area contributed by atoms with Crippen molar-refractivity contribution in [1.29, 1.82) is 0 Å². The molecule has 9 heteroatoms. The Labute approximate surface area is 165 Å². The molecule has 150 valence electrons. The first kappa shape index (κ1) is 20.1. The van der Waals surface area contributed by atoms with Crippen LogP contribution in [0.15, 0.2) is 52.9 Å². The van der Waals surface area contributed by atoms with Gasteiger partial charge in [-0.3, -0.25) is 14.5 Å². The van der Waals surface area contributed by atoms with E-state index in [0.717, 1.165) is 13.0 Å². The Balaban J connectivity index is 1.70. The Morgan fingerprint density at radius 3 is 2.82 bits per heavy atom. The van der Waals surface area contributed by atoms with Crippen LogP contribution < -0.4 is 10.0 Å². The van der Waals surface area contributed by atoms with Gasteiger partial charge in [-0.1, -0.05) is 26.0 Å². The Bertz CT molecular complexity index is 952. The second-order valence-electron chi connectivity index (χ2n) is 7.17. The van der Waals surface area contributed by atoms with Crippen LogP contribution in [0.1, 0.15) is 32.3 Å². The standard InChI is InChI=1S/C19H25N5O3S/c1-14(2)12-16(19(25)21-8-5-10-24-11-9-20-13-24)22-18-15-6-3-4-7-17(15)28(26,27)23-18/h3-4,6-7,9,11,13-14,16H,5,8,10,12H2,1-2H3,(H,21,25)(H,22,23). The average Bonchev–Trinajstić information content (AvgIpc) is 3.24. The molecule has 1 aromatic heterocycles. The maximum absolute atomic E-state index is 12.7. The molecular weight excluding hydrogens is 378 g/mol. The average molecular weight is 404 g/mol. The van der Waals surface area contributed by atoms with Gasteiger partial charge in [0.25, 0.3) is 10.0 Å². The van der Waals surface area contributed by atoms with Crippen molar-refractivity contribution in [1.82, 2.24) is 19.6 Å². The number of carbonyl (C=O) groups is 1. The molecule has 1 aromatic carbocycles. The molecule has 1 unspecified atom stereocenters. The minimum atomic E-state index is -3.62. The molecule has 0 fully saturated rings. The van der Waals surface area contributed by atoms with Crippen LogP contribution in [0.3, 0.4) is 0 Å². The number of aliphatic imine (C=N–C) groups is 1. The van der Waals surface area contributed by atoms with Gasteiger partial charge < -0.3 is 9.88 Å². The summed E-state index contributed by atoms with van der Waals surface area (Å²) >= 11 is 0. The van der Waals surface area contributed by atoms with Crippen LogP contribution in [0.25, 0.3) is 0 Å². The van der Waals surface area contributed by atoms with Crippen molar-refractivity contribution >= 4 is 21.8 Å². The lowest BCUT2D eigenvalue weighted by atomic mass is 10.0. The van der Waals surface area contributed by atoms with Crippen LogP contribution in [0, 0.1) is 5.92 Å². The number of carbonyl (C=O) groups excluding carboxylic acids is 1. The van der Waals surface area contributed by atoms with E-state index in [1.54, 1.807) is 30.7 Å². The van der Waals surface area contributed by atoms with Crippen molar-refractivity contribution in [2.24, 2.45) is 10.9 Å². The minimum Gasteiger partial charge on any atom is -0.354 e. The van der Waals surface area contributed by atoms with Gasteiger partial charge in [-0.25, -0.2) is 13.4 Å². The number of sulfonamides is 1. The van der Waals surface area contributed by atoms with Gasteiger partial charge in [-0.05, 0) is 30.9 Å². The van der Waals surface area contributed by atoms with Gasteiger partial charge >= 0.3 is 0 Å². The quantitative estimate of drug-likeness (QED) is 0.652. The van der Waals surface area contributed by atoms with E-state index in [1.165, 1.54) is 6.07 Å². The summed E-state index contributed by atoms with van der Waals surface area (Å²) in [5.41, 5.74) is 0.504. The summed E-state index contributed by atoms with van der Waals surface area (Å²) in [7, 11) is -3.62. The summed E-state index contributed by atoms with van der Waals surface area (Å²) in [5.74, 6) is 0.268. The second kappa shape index (κ2) is 8.55. The molecule has 2 aromatic rings. The third-order valence-corrected chi connectivity index (χ3v) is 5.79. The first-order chi connectivity index (χ1) is 13.4. The summed E-state index contributed by atoms with van der Waals surface area (Å²) in [6.45, 7) is 5.29. The Hall–Kier alpha value is -2.68. The number of hydrogen-bond donors (Lipinski definition) is 2. The number of amidine groups is 1. The summed E-state index contributed by atoms with van der Waals surface area (Å²) in [5, 5.41) is 2.91. The number of benzene rings is 1. The highest BCUT2D eigenvalue weighted by Crippen LogP contribution is 2.23. The smallest absolute Gasteiger partial charge is 0.263 e. The number of nitrogens with one attached hydrogen (secondary N) is 2. The zero-order valence-electron chi connectivity index (χ0n) is 16.0. The molecule has 0 bridgehead atoms. The number of imidazole rings is 1. The van der Waals surface area contributed by atoms with Crippen molar-refractivity contribution in [2.45, 2.75) is 44.2 Å². The lowest BCUT2D eigenvalue weighted by Crippen LogP contribution is -2.37. The fourth-order valence-corrected chi connectivity index (χ4v) is 4.30. The van der Waals surface area contributed by atoms with E-state index in [0.29, 0.717) is 18.5 Å². The van der Waals surface area contributed by atoms with Gasteiger partial charge in [0.1, 0.15) is 11.9 Å². The van der Waals surface area contributed by atoms with Crippen molar-refractivity contribution < 1.29 is 13.2 Å². The highest BCUT2D eigenvalue weighted by molar-refractivity contribution is 7.90. The highest BCUT2D eigenvalue weighted by atomic mass is 32.2. The molecule has 1 aliphatic heterocycles. The van der Waals surface area contributed by atoms with Gasteiger partial charge in [-0.2, -0.15) is 0 Å². The van der Waals surface area contributed by atoms with Crippen molar-refractivity contribution in [3.05, 3.63) is 48.5 Å². The predicted octanol–water partition coefficient (Wildman–Crippen LogP) is 1.54. The first-order valence-corrected chi connectivity index (χ1v) is 10.8. The molecule has 3 rings (SSSR count). The lowest BCUT2D eigenvalue weighted by Gasteiger charge is -2.16. The summed E-state index contributed by atoms with van der Waals surface area (Å²) in [4.78, 5) is 21.3. The molecule has 0 saturated heterocycles. The summed E-state index contributed by atoms with van der Waals surface area (Å²) in [6, 6.07) is 6.00. The summed E-state index contributed by atoms with van der Waals surface area (Å²) < 4.78 is 28.9. The van der Waals surface area contributed by atoms with E-state index < -0.39 is 16.1 Å². The molecular formula is C19H25N5O3S. The maximum Gasteiger partial charge on any atom is 0.263 e. The highest BCUT2D eigenvalue weighted by Gasteiger charge is 2.32. The van der Waals surface area contributed by atoms with E-state index in [4.69, 9.17) is 0 Å². The molecule has 0 spiro atoms. The largest absolute Gasteiger partial charge is 0.354 e. The van der Waals surface area contributed by atoms with Crippen molar-refractivity contribution in [3.63, 3.8) is 0 Å². The van der Waals surface area contributed by atoms with Crippen molar-refractivity contribution in [2.75, 3.05) is 6.54 Å². The van der Waals surface area contributed by atoms with E-state index in [2.05, 4.69) is 20.0 Å². The summed E-state index contributed by atoms with van der Waals surface area (Å²) in [6.07, 6.45) is 6.62. The topological polar surface area (TPSA) is 105 Å². The number of aryl methyl sites for hydroxylation is 1. The maximum atomic E-state index is 12.7. The fourth-order valence-electron chi connectivity index (χ4n) is 3.06. The van der Waals surface area contributed by atoms with Gasteiger partial charge in [-0.15, -0.1) is 0 Å². The molecule has 0 radical (unpaired) electrons. The van der Waals surface area contributed by atoms with Crippen LogP contribution in [0.4, 0.5) is 0 Å². The molecule has 2 N–H and O–H groups in total. The number of fused-ring (bicyclic) bond motifs is 1. The van der Waals surface area contributed by atoms with Crippen LogP contribution in [0.5, 0.6) is 0 Å². The second-order valence-corrected chi connectivity index (χ2v) is 8.82. The molecule has 8 nitrogen and oxygen atoms in total. The van der Waals surface area contributed by atoms with Gasteiger partial charge in [0.05, 0.1) is 11.2 Å². The molecule has 1 atom stereocenters. The fraction of sp³-hybridized carbons (Fsp3) is 0.421. The zero-order chi connectivity index (χ0) is 20.1. The van der Waals surface area contributed by atoms with Crippen LogP contribution in [0.2, 0.25) is 0 Å². The Morgan fingerprint density at radius 1 is 1.32 bits per heavy atom. The van der Waals surface area contributed by atoms with Crippen molar-refractivity contribution in [3.8, 4) is 0 Å². The number of aromatic nitrogens is 2. The first-order valence-electron chi connectivity index (χ1n) is 9.30. The molecule has 28 heavy (non-hydrogen) atoms. The SMILES string of the molecule is CC(C)CC(N=C1NS(=O)(=O)c2ccccc21)C(=O)NCCCn1ccnc1. The predicted molar refractivity (Wildman–Crippen MR) is 106 cm³/mol. The van der Waals surface area contributed by atoms with Gasteiger partial charge in [0, 0.05) is 31.0 Å². The third-order valence-electron chi connectivity index (χ3n) is 4.40. The molecule has 2 heterocycles. The number of amides is 1. The Morgan fingerprint density at radius 2 is 2.11 bits per heavy atom. The number of nitrogens with zero attached hydrogens (tertiary/aromatic N) is 3. The van der Waals surface area contributed by atoms with E-state index in [-0.39, 0.29) is 22.6 Å². The van der Waals surface area contributed by atoms with Gasteiger partial charge in [0.2, 0.25) is 5.91 Å². The molecule has 0 aliphatic carbocycles. The molecule has 1 aliphatic rings. The van der Waals surface area contributed by atoms with Crippen LogP contribution in [-0.4, -0.2) is 42.3 Å². The van der Waals surface area contributed by atoms with Crippen LogP contribution in [-0.2, 0) is 21.4 Å². The van der Waals surface area contributed by atoms with Gasteiger partial charge in [0.15, 0.2) is 0 Å². The Kier molecular flexibility index (Phi) is 6.13. The lowest BCUT2D eigenvalue weighted by molar-refractivity contribution is -0.122. The molecule has 0 saturated carbocycles. The van der Waals surface area contributed by atoms with Crippen LogP contribution >= 0.6 is 0 Å². The van der Waals surface area contributed by atoms with E-state index >= 15 is 0 Å². The number of rotatable bonds is 8. The monoisotopic (exact) mass is 403 g/mol. The molecule has 1 amide bonds. The third kappa shape index (κ3) is 4.78. The van der Waals surface area contributed by atoms with E-state index in [9.17, 15) is 13.2 Å².